The molecule has 0 saturated carbocycles. The molecule has 0 radical (unpaired) electrons. The largest absolute Gasteiger partial charge is 0.497 e. The first-order valence-electron chi connectivity index (χ1n) is 15.5. The zero-order valence-electron chi connectivity index (χ0n) is 27.2. The maximum Gasteiger partial charge on any atom is 0.269 e. The van der Waals surface area contributed by atoms with Crippen LogP contribution in [0.4, 0.5) is 11.4 Å². The van der Waals surface area contributed by atoms with E-state index in [0.29, 0.717) is 17.1 Å². The number of benzene rings is 3. The minimum atomic E-state index is -0.551. The Balaban J connectivity index is 1.44. The van der Waals surface area contributed by atoms with Crippen LogP contribution < -0.4 is 24.8 Å². The lowest BCUT2D eigenvalue weighted by atomic mass is 9.86. The van der Waals surface area contributed by atoms with E-state index in [4.69, 9.17) is 19.9 Å². The lowest BCUT2D eigenvalue weighted by Gasteiger charge is -2.33. The number of piperidine rings is 1. The molecule has 2 amide bonds. The molecule has 1 aliphatic heterocycles. The van der Waals surface area contributed by atoms with E-state index in [1.165, 1.54) is 12.4 Å². The van der Waals surface area contributed by atoms with Crippen molar-refractivity contribution < 1.29 is 23.8 Å². The third-order valence-corrected chi connectivity index (χ3v) is 8.31. The molecular formula is C37H42N4O5. The molecule has 46 heavy (non-hydrogen) atoms. The number of nitrogen functional groups attached to an aromatic ring is 1. The predicted octanol–water partition coefficient (Wildman–Crippen LogP) is 6.51. The molecule has 1 aromatic heterocycles. The summed E-state index contributed by atoms with van der Waals surface area (Å²) in [6.07, 6.45) is 4.41. The molecule has 0 spiro atoms. The number of para-hydroxylation sites is 1. The Labute approximate surface area is 270 Å². The van der Waals surface area contributed by atoms with Crippen LogP contribution in [0.3, 0.4) is 0 Å². The summed E-state index contributed by atoms with van der Waals surface area (Å²) in [6, 6.07) is 21.8. The van der Waals surface area contributed by atoms with Gasteiger partial charge in [-0.05, 0) is 72.4 Å². The standard InChI is InChI=1S/C37H42N4O5/c1-37(2,3)27-12-15-30(34(22-27)46-29-17-20-40(21-18-29)24-26-8-6-7-9-33(26)45-5)36(43)41(32-23-39-19-16-31(32)38)35(42)25-10-13-28(44-4)14-11-25/h6-16,19,22-23,29H,17-18,20-21,24H2,1-5H3,(H2,38,39). The Bertz CT molecular complexity index is 1670. The fourth-order valence-electron chi connectivity index (χ4n) is 5.58. The van der Waals surface area contributed by atoms with Crippen molar-refractivity contribution in [2.75, 3.05) is 37.9 Å². The number of hydrogen-bond donors (Lipinski definition) is 1. The number of methoxy groups -OCH3 is 2. The summed E-state index contributed by atoms with van der Waals surface area (Å²) in [5.74, 6) is 0.826. The number of hydrogen-bond acceptors (Lipinski definition) is 8. The Hall–Kier alpha value is -4.89. The van der Waals surface area contributed by atoms with Gasteiger partial charge in [0.25, 0.3) is 11.8 Å². The molecule has 5 rings (SSSR count). The minimum absolute atomic E-state index is 0.107. The van der Waals surface area contributed by atoms with Crippen LogP contribution in [0.5, 0.6) is 17.2 Å². The summed E-state index contributed by atoms with van der Waals surface area (Å²) in [6.45, 7) is 8.78. The van der Waals surface area contributed by atoms with Gasteiger partial charge in [0.1, 0.15) is 23.4 Å². The summed E-state index contributed by atoms with van der Waals surface area (Å²) < 4.78 is 17.4. The third-order valence-electron chi connectivity index (χ3n) is 8.31. The van der Waals surface area contributed by atoms with Gasteiger partial charge < -0.3 is 19.9 Å². The molecule has 3 aromatic carbocycles. The molecule has 1 fully saturated rings. The number of imide groups is 1. The number of carbonyl (C=O) groups excluding carboxylic acids is 2. The summed E-state index contributed by atoms with van der Waals surface area (Å²) in [4.78, 5) is 36.1. The predicted molar refractivity (Wildman–Crippen MR) is 180 cm³/mol. The van der Waals surface area contributed by atoms with Crippen LogP contribution in [0, 0.1) is 0 Å². The summed E-state index contributed by atoms with van der Waals surface area (Å²) in [7, 11) is 3.24. The van der Waals surface area contributed by atoms with Crippen LogP contribution in [0.1, 0.15) is 65.5 Å². The quantitative estimate of drug-likeness (QED) is 0.211. The van der Waals surface area contributed by atoms with Crippen molar-refractivity contribution >= 4 is 23.2 Å². The van der Waals surface area contributed by atoms with E-state index >= 15 is 0 Å². The molecule has 4 aromatic rings. The van der Waals surface area contributed by atoms with Crippen molar-refractivity contribution in [2.45, 2.75) is 51.7 Å². The molecule has 1 aliphatic rings. The monoisotopic (exact) mass is 622 g/mol. The fourth-order valence-corrected chi connectivity index (χ4v) is 5.58. The SMILES string of the molecule is COc1ccc(C(=O)N(C(=O)c2ccc(C(C)(C)C)cc2OC2CCN(Cc3ccccc3OC)CC2)c2cnccc2N)cc1. The number of anilines is 2. The van der Waals surface area contributed by atoms with Crippen molar-refractivity contribution in [3.05, 3.63) is 107 Å². The van der Waals surface area contributed by atoms with E-state index in [1.807, 2.05) is 30.3 Å². The minimum Gasteiger partial charge on any atom is -0.497 e. The summed E-state index contributed by atoms with van der Waals surface area (Å²) in [5, 5.41) is 0. The Morgan fingerprint density at radius 3 is 2.28 bits per heavy atom. The number of nitrogens with two attached hydrogens (primary N) is 1. The zero-order chi connectivity index (χ0) is 32.8. The number of ether oxygens (including phenoxy) is 3. The van der Waals surface area contributed by atoms with Crippen LogP contribution in [0.2, 0.25) is 0 Å². The number of amides is 2. The maximum atomic E-state index is 14.5. The van der Waals surface area contributed by atoms with Gasteiger partial charge in [-0.25, -0.2) is 4.90 Å². The number of pyridine rings is 1. The number of likely N-dealkylation sites (tertiary alicyclic amines) is 1. The average Bonchev–Trinajstić information content (AvgIpc) is 3.06. The maximum absolute atomic E-state index is 14.5. The molecule has 9 heteroatoms. The Morgan fingerprint density at radius 2 is 1.63 bits per heavy atom. The lowest BCUT2D eigenvalue weighted by molar-refractivity contribution is 0.0869. The molecule has 2 heterocycles. The third kappa shape index (κ3) is 7.32. The lowest BCUT2D eigenvalue weighted by Crippen LogP contribution is -2.39. The van der Waals surface area contributed by atoms with Gasteiger partial charge in [-0.2, -0.15) is 0 Å². The molecule has 0 bridgehead atoms. The van der Waals surface area contributed by atoms with E-state index in [0.717, 1.165) is 54.3 Å². The van der Waals surface area contributed by atoms with Gasteiger partial charge >= 0.3 is 0 Å². The molecule has 240 valence electrons. The van der Waals surface area contributed by atoms with Crippen LogP contribution >= 0.6 is 0 Å². The van der Waals surface area contributed by atoms with Crippen molar-refractivity contribution in [3.63, 3.8) is 0 Å². The van der Waals surface area contributed by atoms with Gasteiger partial charge in [0.05, 0.1) is 37.4 Å². The first-order chi connectivity index (χ1) is 22.1. The summed E-state index contributed by atoms with van der Waals surface area (Å²) in [5.41, 5.74) is 9.30. The molecule has 2 N–H and O–H groups in total. The van der Waals surface area contributed by atoms with E-state index < -0.39 is 11.8 Å². The van der Waals surface area contributed by atoms with Crippen LogP contribution in [0.25, 0.3) is 0 Å². The van der Waals surface area contributed by atoms with Gasteiger partial charge in [0.15, 0.2) is 0 Å². The van der Waals surface area contributed by atoms with Crippen LogP contribution in [-0.4, -0.2) is 55.1 Å². The van der Waals surface area contributed by atoms with Gasteiger partial charge in [-0.15, -0.1) is 0 Å². The molecular weight excluding hydrogens is 580 g/mol. The van der Waals surface area contributed by atoms with Gasteiger partial charge in [0.2, 0.25) is 0 Å². The Kier molecular flexibility index (Phi) is 9.92. The summed E-state index contributed by atoms with van der Waals surface area (Å²) >= 11 is 0. The highest BCUT2D eigenvalue weighted by molar-refractivity contribution is 6.27. The van der Waals surface area contributed by atoms with E-state index in [1.54, 1.807) is 50.6 Å². The number of carbonyl (C=O) groups is 2. The number of rotatable bonds is 9. The van der Waals surface area contributed by atoms with Crippen LogP contribution in [-0.2, 0) is 12.0 Å². The Morgan fingerprint density at radius 1 is 0.913 bits per heavy atom. The normalized spacial score (nSPS) is 14.0. The molecule has 0 unspecified atom stereocenters. The first-order valence-corrected chi connectivity index (χ1v) is 15.5. The smallest absolute Gasteiger partial charge is 0.269 e. The number of aromatic nitrogens is 1. The fraction of sp³-hybridized carbons (Fsp3) is 0.324. The van der Waals surface area contributed by atoms with Gasteiger partial charge in [-0.3, -0.25) is 19.5 Å². The topological polar surface area (TPSA) is 107 Å². The second kappa shape index (κ2) is 14.0. The first kappa shape index (κ1) is 32.5. The highest BCUT2D eigenvalue weighted by Crippen LogP contribution is 2.34. The van der Waals surface area contributed by atoms with E-state index in [2.05, 4.69) is 36.7 Å². The second-order valence-corrected chi connectivity index (χ2v) is 12.5. The zero-order valence-corrected chi connectivity index (χ0v) is 27.2. The van der Waals surface area contributed by atoms with E-state index in [-0.39, 0.29) is 28.5 Å². The molecule has 0 atom stereocenters. The van der Waals surface area contributed by atoms with Crippen molar-refractivity contribution in [1.29, 1.82) is 0 Å². The van der Waals surface area contributed by atoms with Crippen molar-refractivity contribution in [2.24, 2.45) is 0 Å². The highest BCUT2D eigenvalue weighted by atomic mass is 16.5. The second-order valence-electron chi connectivity index (χ2n) is 12.5. The van der Waals surface area contributed by atoms with Crippen LogP contribution in [0.15, 0.2) is 85.2 Å². The molecule has 9 nitrogen and oxygen atoms in total. The van der Waals surface area contributed by atoms with Gasteiger partial charge in [-0.1, -0.05) is 45.0 Å². The van der Waals surface area contributed by atoms with Gasteiger partial charge in [0, 0.05) is 37.0 Å². The molecule has 0 aliphatic carbocycles. The van der Waals surface area contributed by atoms with Crippen molar-refractivity contribution in [1.82, 2.24) is 9.88 Å². The van der Waals surface area contributed by atoms with Crippen molar-refractivity contribution in [3.8, 4) is 17.2 Å². The van der Waals surface area contributed by atoms with E-state index in [9.17, 15) is 9.59 Å². The number of nitrogens with zero attached hydrogens (tertiary/aromatic N) is 3. The average molecular weight is 623 g/mol. The highest BCUT2D eigenvalue weighted by Gasteiger charge is 2.32. The molecule has 1 saturated heterocycles.